The van der Waals surface area contributed by atoms with Crippen molar-refractivity contribution in [2.45, 2.75) is 4.90 Å². The maximum atomic E-state index is 12.8. The number of fused-ring (bicyclic) bond motifs is 1. The van der Waals surface area contributed by atoms with Gasteiger partial charge in [0.25, 0.3) is 5.91 Å². The number of aromatic amines is 1. The highest BCUT2D eigenvalue weighted by atomic mass is 32.2. The number of aromatic nitrogens is 2. The van der Waals surface area contributed by atoms with Crippen LogP contribution < -0.4 is 10.1 Å². The van der Waals surface area contributed by atoms with E-state index in [0.29, 0.717) is 5.69 Å². The second kappa shape index (κ2) is 8.14. The molecule has 0 aliphatic rings. The van der Waals surface area contributed by atoms with E-state index in [0.717, 1.165) is 26.0 Å². The Bertz CT molecular complexity index is 1360. The molecule has 0 fully saturated rings. The van der Waals surface area contributed by atoms with Crippen LogP contribution in [0.5, 0.6) is 5.75 Å². The molecule has 0 aliphatic heterocycles. The molecular weight excluding hydrogens is 436 g/mol. The molecule has 2 N–H and O–H groups in total. The van der Waals surface area contributed by atoms with E-state index in [1.165, 1.54) is 39.4 Å². The normalized spacial score (nSPS) is 11.7. The van der Waals surface area contributed by atoms with Gasteiger partial charge in [-0.25, -0.2) is 17.7 Å². The fourth-order valence-electron chi connectivity index (χ4n) is 3.04. The van der Waals surface area contributed by atoms with Gasteiger partial charge in [-0.15, -0.1) is 11.3 Å². The van der Waals surface area contributed by atoms with Gasteiger partial charge in [0.1, 0.15) is 16.5 Å². The van der Waals surface area contributed by atoms with Crippen LogP contribution in [0.1, 0.15) is 10.4 Å². The molecule has 0 unspecified atom stereocenters. The third-order valence-electron chi connectivity index (χ3n) is 4.68. The second-order valence-corrected chi connectivity index (χ2v) is 9.97. The summed E-state index contributed by atoms with van der Waals surface area (Å²) in [7, 11) is 0.447. The lowest BCUT2D eigenvalue weighted by molar-refractivity contribution is 0.102. The molecule has 8 nitrogen and oxygen atoms in total. The van der Waals surface area contributed by atoms with Crippen molar-refractivity contribution in [2.24, 2.45) is 0 Å². The largest absolute Gasteiger partial charge is 0.495 e. The summed E-state index contributed by atoms with van der Waals surface area (Å²) in [5, 5.41) is 4.79. The predicted molar refractivity (Wildman–Crippen MR) is 121 cm³/mol. The lowest BCUT2D eigenvalue weighted by Crippen LogP contribution is -2.23. The van der Waals surface area contributed by atoms with Crippen LogP contribution in [0.15, 0.2) is 58.8 Å². The van der Waals surface area contributed by atoms with Crippen LogP contribution in [0.25, 0.3) is 21.7 Å². The number of anilines is 1. The number of ether oxygens (including phenoxy) is 1. The molecule has 0 atom stereocenters. The minimum absolute atomic E-state index is 0.0720. The number of carbonyl (C=O) groups excluding carboxylic acids is 1. The Morgan fingerprint density at radius 2 is 1.97 bits per heavy atom. The van der Waals surface area contributed by atoms with Gasteiger partial charge in [-0.3, -0.25) is 4.79 Å². The topological polar surface area (TPSA) is 104 Å². The Morgan fingerprint density at radius 1 is 1.16 bits per heavy atom. The van der Waals surface area contributed by atoms with Gasteiger partial charge in [0.2, 0.25) is 10.0 Å². The summed E-state index contributed by atoms with van der Waals surface area (Å²) >= 11 is 1.59. The van der Waals surface area contributed by atoms with Crippen LogP contribution in [-0.2, 0) is 10.0 Å². The summed E-state index contributed by atoms with van der Waals surface area (Å²) in [6, 6.07) is 13.6. The zero-order chi connectivity index (χ0) is 22.2. The summed E-state index contributed by atoms with van der Waals surface area (Å²) < 4.78 is 31.4. The monoisotopic (exact) mass is 456 g/mol. The standard InChI is InChI=1S/C21H20N4O4S2/c1-25(2)31(27,28)19-11-13(6-9-17(19)29-3)21(26)22-14-7-8-15-16(12-14)24-20(23-15)18-5-4-10-30-18/h4-12H,1-3H3,(H,22,26)(H,23,24). The summed E-state index contributed by atoms with van der Waals surface area (Å²) in [4.78, 5) is 21.6. The molecule has 0 saturated carbocycles. The number of sulfonamides is 1. The molecule has 1 amide bonds. The minimum atomic E-state index is -3.78. The highest BCUT2D eigenvalue weighted by Crippen LogP contribution is 2.28. The van der Waals surface area contributed by atoms with Crippen LogP contribution in [0.4, 0.5) is 5.69 Å². The number of hydrogen-bond acceptors (Lipinski definition) is 6. The van der Waals surface area contributed by atoms with Crippen molar-refractivity contribution in [3.05, 3.63) is 59.5 Å². The van der Waals surface area contributed by atoms with Crippen molar-refractivity contribution < 1.29 is 17.9 Å². The summed E-state index contributed by atoms with van der Waals surface area (Å²) in [5.41, 5.74) is 2.33. The highest BCUT2D eigenvalue weighted by molar-refractivity contribution is 7.89. The highest BCUT2D eigenvalue weighted by Gasteiger charge is 2.24. The van der Waals surface area contributed by atoms with Gasteiger partial charge in [-0.05, 0) is 47.8 Å². The molecule has 160 valence electrons. The van der Waals surface area contributed by atoms with Crippen molar-refractivity contribution in [1.29, 1.82) is 0 Å². The molecule has 0 aliphatic carbocycles. The first-order chi connectivity index (χ1) is 14.8. The maximum absolute atomic E-state index is 12.8. The average Bonchev–Trinajstić information content (AvgIpc) is 3.42. The van der Waals surface area contributed by atoms with Gasteiger partial charge < -0.3 is 15.0 Å². The number of nitrogens with zero attached hydrogens (tertiary/aromatic N) is 2. The number of benzene rings is 2. The third-order valence-corrected chi connectivity index (χ3v) is 7.39. The number of amides is 1. The number of hydrogen-bond donors (Lipinski definition) is 2. The summed E-state index contributed by atoms with van der Waals surface area (Å²) in [6.07, 6.45) is 0. The molecule has 2 heterocycles. The molecule has 2 aromatic heterocycles. The van der Waals surface area contributed by atoms with Gasteiger partial charge in [0.15, 0.2) is 0 Å². The lowest BCUT2D eigenvalue weighted by Gasteiger charge is -2.15. The average molecular weight is 457 g/mol. The zero-order valence-corrected chi connectivity index (χ0v) is 18.7. The van der Waals surface area contributed by atoms with Crippen molar-refractivity contribution >= 4 is 44.0 Å². The SMILES string of the molecule is COc1ccc(C(=O)Nc2ccc3nc(-c4cccs4)[nH]c3c2)cc1S(=O)(=O)N(C)C. The van der Waals surface area contributed by atoms with Crippen molar-refractivity contribution in [1.82, 2.24) is 14.3 Å². The van der Waals surface area contributed by atoms with Gasteiger partial charge in [-0.2, -0.15) is 0 Å². The number of H-pyrrole nitrogens is 1. The Balaban J connectivity index is 1.63. The molecular formula is C21H20N4O4S2. The second-order valence-electron chi connectivity index (χ2n) is 6.90. The molecule has 10 heteroatoms. The molecule has 0 saturated heterocycles. The number of nitrogens with one attached hydrogen (secondary N) is 2. The minimum Gasteiger partial charge on any atom is -0.495 e. The van der Waals surface area contributed by atoms with E-state index in [2.05, 4.69) is 15.3 Å². The van der Waals surface area contributed by atoms with Crippen molar-refractivity contribution in [3.8, 4) is 16.5 Å². The Kier molecular flexibility index (Phi) is 5.52. The number of thiophene rings is 1. The van der Waals surface area contributed by atoms with Crippen LogP contribution >= 0.6 is 11.3 Å². The molecule has 0 radical (unpaired) electrons. The summed E-state index contributed by atoms with van der Waals surface area (Å²) in [6.45, 7) is 0. The smallest absolute Gasteiger partial charge is 0.255 e. The molecule has 31 heavy (non-hydrogen) atoms. The molecule has 0 bridgehead atoms. The third kappa shape index (κ3) is 4.05. The Morgan fingerprint density at radius 3 is 2.65 bits per heavy atom. The van der Waals surface area contributed by atoms with E-state index < -0.39 is 15.9 Å². The van der Waals surface area contributed by atoms with Gasteiger partial charge >= 0.3 is 0 Å². The van der Waals surface area contributed by atoms with Crippen LogP contribution in [0.3, 0.4) is 0 Å². The zero-order valence-electron chi connectivity index (χ0n) is 17.0. The molecule has 2 aromatic carbocycles. The van der Waals surface area contributed by atoms with Gasteiger partial charge in [0.05, 0.1) is 23.0 Å². The van der Waals surface area contributed by atoms with E-state index >= 15 is 0 Å². The van der Waals surface area contributed by atoms with Crippen LogP contribution in [-0.4, -0.2) is 49.8 Å². The maximum Gasteiger partial charge on any atom is 0.255 e. The quantitative estimate of drug-likeness (QED) is 0.459. The van der Waals surface area contributed by atoms with E-state index in [1.54, 1.807) is 23.5 Å². The van der Waals surface area contributed by atoms with E-state index in [-0.39, 0.29) is 16.2 Å². The number of carbonyl (C=O) groups is 1. The first kappa shape index (κ1) is 21.0. The fraction of sp³-hybridized carbons (Fsp3) is 0.143. The molecule has 4 aromatic rings. The van der Waals surface area contributed by atoms with Gasteiger partial charge in [-0.1, -0.05) is 6.07 Å². The van der Waals surface area contributed by atoms with E-state index in [9.17, 15) is 13.2 Å². The Hall–Kier alpha value is -3.21. The van der Waals surface area contributed by atoms with Crippen molar-refractivity contribution in [2.75, 3.05) is 26.5 Å². The number of rotatable bonds is 6. The summed E-state index contributed by atoms with van der Waals surface area (Å²) in [5.74, 6) is 0.502. The molecule has 4 rings (SSSR count). The van der Waals surface area contributed by atoms with Crippen LogP contribution in [0.2, 0.25) is 0 Å². The first-order valence-corrected chi connectivity index (χ1v) is 11.6. The predicted octanol–water partition coefficient (Wildman–Crippen LogP) is 3.80. The number of imidazole rings is 1. The van der Waals surface area contributed by atoms with E-state index in [1.807, 2.05) is 23.6 Å². The Labute approximate surface area is 183 Å². The lowest BCUT2D eigenvalue weighted by atomic mass is 10.2. The van der Waals surface area contributed by atoms with Crippen LogP contribution in [0, 0.1) is 0 Å². The van der Waals surface area contributed by atoms with Crippen molar-refractivity contribution in [3.63, 3.8) is 0 Å². The fourth-order valence-corrected chi connectivity index (χ4v) is 4.78. The first-order valence-electron chi connectivity index (χ1n) is 9.25. The number of methoxy groups -OCH3 is 1. The molecule has 0 spiro atoms. The van der Waals surface area contributed by atoms with Gasteiger partial charge in [0, 0.05) is 25.3 Å². The van der Waals surface area contributed by atoms with E-state index in [4.69, 9.17) is 4.74 Å².